The predicted molar refractivity (Wildman–Crippen MR) is 118 cm³/mol. The second-order valence-corrected chi connectivity index (χ2v) is 8.49. The fraction of sp³-hybridized carbons (Fsp3) is 0.130. The van der Waals surface area contributed by atoms with Crippen molar-refractivity contribution >= 4 is 39.8 Å². The molecule has 4 rings (SSSR count). The highest BCUT2D eigenvalue weighted by molar-refractivity contribution is 7.17. The van der Waals surface area contributed by atoms with E-state index in [9.17, 15) is 4.79 Å². The Morgan fingerprint density at radius 3 is 2.54 bits per heavy atom. The monoisotopic (exact) mass is 406 g/mol. The second-order valence-electron chi connectivity index (χ2n) is 6.84. The molecule has 0 aliphatic rings. The summed E-state index contributed by atoms with van der Waals surface area (Å²) in [6.45, 7) is 6.11. The molecule has 0 radical (unpaired) electrons. The summed E-state index contributed by atoms with van der Waals surface area (Å²) in [4.78, 5) is 19.6. The number of carbonyl (C=O) groups excluding carboxylic acids is 1. The first-order chi connectivity index (χ1) is 13.4. The van der Waals surface area contributed by atoms with Gasteiger partial charge in [0.15, 0.2) is 10.7 Å². The normalized spacial score (nSPS) is 11.6. The van der Waals surface area contributed by atoms with Crippen LogP contribution >= 0.6 is 22.9 Å². The highest BCUT2D eigenvalue weighted by Crippen LogP contribution is 2.30. The Bertz CT molecular complexity index is 1220. The Kier molecular flexibility index (Phi) is 4.92. The molecule has 0 aliphatic heterocycles. The minimum Gasteiger partial charge on any atom is -0.290 e. The first-order valence-electron chi connectivity index (χ1n) is 8.96. The number of hydrogen-bond donors (Lipinski definition) is 0. The fourth-order valence-electron chi connectivity index (χ4n) is 3.10. The largest absolute Gasteiger partial charge is 0.290 e. The molecule has 0 N–H and O–H groups in total. The molecule has 3 nitrogen and oxygen atoms in total. The summed E-state index contributed by atoms with van der Waals surface area (Å²) in [5.41, 5.74) is 5.68. The lowest BCUT2D eigenvalue weighted by Gasteiger charge is -2.03. The molecule has 0 saturated heterocycles. The summed E-state index contributed by atoms with van der Waals surface area (Å²) in [5.74, 6) is -0.0212. The van der Waals surface area contributed by atoms with Gasteiger partial charge in [-0.05, 0) is 62.2 Å². The van der Waals surface area contributed by atoms with E-state index in [4.69, 9.17) is 16.6 Å². The summed E-state index contributed by atoms with van der Waals surface area (Å²) in [7, 11) is 0. The van der Waals surface area contributed by atoms with Crippen molar-refractivity contribution in [1.29, 1.82) is 0 Å². The van der Waals surface area contributed by atoms with Gasteiger partial charge in [0.2, 0.25) is 0 Å². The number of allylic oxidation sites excluding steroid dienone is 1. The number of carbonyl (C=O) groups is 1. The highest BCUT2D eigenvalue weighted by Gasteiger charge is 2.14. The van der Waals surface area contributed by atoms with Crippen LogP contribution in [0.3, 0.4) is 0 Å². The second kappa shape index (κ2) is 7.38. The van der Waals surface area contributed by atoms with Crippen LogP contribution in [0.1, 0.15) is 32.1 Å². The molecule has 28 heavy (non-hydrogen) atoms. The number of fused-ring (bicyclic) bond motifs is 1. The predicted octanol–water partition coefficient (Wildman–Crippen LogP) is 6.54. The van der Waals surface area contributed by atoms with E-state index in [0.717, 1.165) is 27.5 Å². The third-order valence-corrected chi connectivity index (χ3v) is 5.93. The van der Waals surface area contributed by atoms with Crippen LogP contribution in [0.5, 0.6) is 0 Å². The van der Waals surface area contributed by atoms with Gasteiger partial charge in [-0.3, -0.25) is 9.20 Å². The van der Waals surface area contributed by atoms with Crippen molar-refractivity contribution in [3.8, 4) is 11.3 Å². The molecule has 2 aromatic heterocycles. The Hall–Kier alpha value is -2.69. The zero-order valence-corrected chi connectivity index (χ0v) is 17.4. The molecule has 0 amide bonds. The van der Waals surface area contributed by atoms with Crippen molar-refractivity contribution in [2.75, 3.05) is 0 Å². The van der Waals surface area contributed by atoms with Gasteiger partial charge in [-0.1, -0.05) is 35.9 Å². The molecule has 2 aromatic carbocycles. The SMILES string of the molecule is Cc1cn2c(/C=C/C(=O)c3ccc(C)c(C)c3)c(-c3ccc(Cl)cc3)nc2s1. The van der Waals surface area contributed by atoms with Crippen LogP contribution in [0.4, 0.5) is 0 Å². The molecule has 0 unspecified atom stereocenters. The third-order valence-electron chi connectivity index (χ3n) is 4.78. The smallest absolute Gasteiger partial charge is 0.194 e. The van der Waals surface area contributed by atoms with E-state index in [0.29, 0.717) is 10.6 Å². The topological polar surface area (TPSA) is 34.4 Å². The van der Waals surface area contributed by atoms with E-state index in [1.807, 2.05) is 73.0 Å². The highest BCUT2D eigenvalue weighted by atomic mass is 35.5. The van der Waals surface area contributed by atoms with Gasteiger partial charge in [0.25, 0.3) is 0 Å². The van der Waals surface area contributed by atoms with Crippen LogP contribution in [0.2, 0.25) is 5.02 Å². The first kappa shape index (κ1) is 18.7. The molecule has 4 aromatic rings. The van der Waals surface area contributed by atoms with Gasteiger partial charge in [0.1, 0.15) is 0 Å². The number of aromatic nitrogens is 2. The minimum absolute atomic E-state index is 0.0212. The summed E-state index contributed by atoms with van der Waals surface area (Å²) in [6, 6.07) is 13.4. The fourth-order valence-corrected chi connectivity index (χ4v) is 4.06. The molecule has 0 atom stereocenters. The average molecular weight is 407 g/mol. The van der Waals surface area contributed by atoms with Crippen LogP contribution in [0, 0.1) is 20.8 Å². The quantitative estimate of drug-likeness (QED) is 0.285. The molecule has 0 spiro atoms. The summed E-state index contributed by atoms with van der Waals surface area (Å²) in [5, 5.41) is 0.683. The van der Waals surface area contributed by atoms with E-state index in [1.54, 1.807) is 17.4 Å². The molecule has 0 bridgehead atoms. The Morgan fingerprint density at radius 2 is 1.82 bits per heavy atom. The van der Waals surface area contributed by atoms with E-state index < -0.39 is 0 Å². The van der Waals surface area contributed by atoms with E-state index in [-0.39, 0.29) is 5.78 Å². The van der Waals surface area contributed by atoms with Crippen LogP contribution in [-0.4, -0.2) is 15.2 Å². The van der Waals surface area contributed by atoms with Crippen LogP contribution in [-0.2, 0) is 0 Å². The zero-order valence-electron chi connectivity index (χ0n) is 15.9. The maximum atomic E-state index is 12.7. The number of imidazole rings is 1. The summed E-state index contributed by atoms with van der Waals surface area (Å²) in [6.07, 6.45) is 5.53. The van der Waals surface area contributed by atoms with Crippen molar-refractivity contribution in [1.82, 2.24) is 9.38 Å². The van der Waals surface area contributed by atoms with Gasteiger partial charge in [-0.15, -0.1) is 11.3 Å². The maximum Gasteiger partial charge on any atom is 0.194 e. The van der Waals surface area contributed by atoms with Gasteiger partial charge >= 0.3 is 0 Å². The molecule has 0 fully saturated rings. The molecule has 0 saturated carbocycles. The van der Waals surface area contributed by atoms with Crippen molar-refractivity contribution in [2.24, 2.45) is 0 Å². The van der Waals surface area contributed by atoms with Crippen LogP contribution in [0.25, 0.3) is 22.3 Å². The lowest BCUT2D eigenvalue weighted by Crippen LogP contribution is -1.96. The van der Waals surface area contributed by atoms with Crippen LogP contribution < -0.4 is 0 Å². The van der Waals surface area contributed by atoms with Crippen LogP contribution in [0.15, 0.2) is 54.7 Å². The number of benzene rings is 2. The maximum absolute atomic E-state index is 12.7. The Morgan fingerprint density at radius 1 is 1.07 bits per heavy atom. The van der Waals surface area contributed by atoms with Crippen molar-refractivity contribution in [3.05, 3.63) is 87.0 Å². The van der Waals surface area contributed by atoms with E-state index >= 15 is 0 Å². The number of rotatable bonds is 4. The number of aryl methyl sites for hydroxylation is 3. The van der Waals surface area contributed by atoms with E-state index in [2.05, 4.69) is 6.92 Å². The number of nitrogens with zero attached hydrogens (tertiary/aromatic N) is 2. The Balaban J connectivity index is 1.77. The van der Waals surface area contributed by atoms with Crippen molar-refractivity contribution < 1.29 is 4.79 Å². The van der Waals surface area contributed by atoms with Gasteiger partial charge in [-0.25, -0.2) is 4.98 Å². The Labute approximate surface area is 172 Å². The molecular formula is C23H19ClN2OS. The minimum atomic E-state index is -0.0212. The number of ketones is 1. The third kappa shape index (κ3) is 3.53. The summed E-state index contributed by atoms with van der Waals surface area (Å²) >= 11 is 7.66. The average Bonchev–Trinajstić information content (AvgIpc) is 3.18. The number of thiazole rings is 1. The van der Waals surface area contributed by atoms with E-state index in [1.165, 1.54) is 10.4 Å². The van der Waals surface area contributed by atoms with Crippen molar-refractivity contribution in [3.63, 3.8) is 0 Å². The van der Waals surface area contributed by atoms with Gasteiger partial charge < -0.3 is 0 Å². The molecule has 0 aliphatic carbocycles. The standard InChI is InChI=1S/C23H19ClN2OS/c1-14-4-5-18(12-15(14)2)21(27)11-10-20-22(17-6-8-19(24)9-7-17)25-23-26(20)13-16(3)28-23/h4-13H,1-3H3/b11-10+. The van der Waals surface area contributed by atoms with Gasteiger partial charge in [0, 0.05) is 27.2 Å². The van der Waals surface area contributed by atoms with Gasteiger partial charge in [-0.2, -0.15) is 0 Å². The molecule has 140 valence electrons. The number of halogens is 1. The molecular weight excluding hydrogens is 388 g/mol. The lowest BCUT2D eigenvalue weighted by molar-refractivity contribution is 0.104. The molecule has 2 heterocycles. The summed E-state index contributed by atoms with van der Waals surface area (Å²) < 4.78 is 2.04. The number of hydrogen-bond acceptors (Lipinski definition) is 3. The van der Waals surface area contributed by atoms with Crippen molar-refractivity contribution in [2.45, 2.75) is 20.8 Å². The first-order valence-corrected chi connectivity index (χ1v) is 10.2. The lowest BCUT2D eigenvalue weighted by atomic mass is 10.0. The van der Waals surface area contributed by atoms with Gasteiger partial charge in [0.05, 0.1) is 11.4 Å². The zero-order chi connectivity index (χ0) is 19.8. The molecule has 5 heteroatoms.